The maximum atomic E-state index is 11.2. The van der Waals surface area contributed by atoms with Gasteiger partial charge in [-0.25, -0.2) is 5.84 Å². The minimum atomic E-state index is -0.697. The van der Waals surface area contributed by atoms with Gasteiger partial charge in [0.15, 0.2) is 6.10 Å². The average molecular weight is 219 g/mol. The molecule has 5 nitrogen and oxygen atoms in total. The number of hydrogen-bond donors (Lipinski definition) is 2. The molecule has 0 aliphatic heterocycles. The van der Waals surface area contributed by atoms with Crippen molar-refractivity contribution in [3.8, 4) is 11.8 Å². The van der Waals surface area contributed by atoms with Crippen LogP contribution < -0.4 is 16.0 Å². The Morgan fingerprint density at radius 1 is 1.62 bits per heavy atom. The quantitative estimate of drug-likeness (QED) is 0.443. The number of carbonyl (C=O) groups is 1. The molecule has 1 rings (SSSR count). The molecule has 0 fully saturated rings. The van der Waals surface area contributed by atoms with Crippen LogP contribution in [0.2, 0.25) is 0 Å². The molecule has 1 atom stereocenters. The molecule has 0 aliphatic rings. The number of nitrogens with zero attached hydrogens (tertiary/aromatic N) is 1. The Bertz CT molecular complexity index is 437. The summed E-state index contributed by atoms with van der Waals surface area (Å²) in [6, 6.07) is 7.05. The van der Waals surface area contributed by atoms with Crippen LogP contribution in [0.1, 0.15) is 18.1 Å². The Kier molecular flexibility index (Phi) is 3.86. The number of carbonyl (C=O) groups excluding carboxylic acids is 1. The summed E-state index contributed by atoms with van der Waals surface area (Å²) in [4.78, 5) is 11.2. The van der Waals surface area contributed by atoms with E-state index >= 15 is 0 Å². The van der Waals surface area contributed by atoms with Crippen molar-refractivity contribution in [1.29, 1.82) is 5.26 Å². The van der Waals surface area contributed by atoms with Crippen LogP contribution in [0, 0.1) is 18.3 Å². The Labute approximate surface area is 93.8 Å². The monoisotopic (exact) mass is 219 g/mol. The van der Waals surface area contributed by atoms with Crippen molar-refractivity contribution < 1.29 is 9.53 Å². The van der Waals surface area contributed by atoms with Crippen molar-refractivity contribution in [1.82, 2.24) is 5.43 Å². The first kappa shape index (κ1) is 12.0. The van der Waals surface area contributed by atoms with Gasteiger partial charge in [-0.1, -0.05) is 6.07 Å². The highest BCUT2D eigenvalue weighted by molar-refractivity contribution is 5.80. The van der Waals surface area contributed by atoms with Gasteiger partial charge in [-0.3, -0.25) is 10.2 Å². The van der Waals surface area contributed by atoms with Crippen LogP contribution in [0.25, 0.3) is 0 Å². The number of hydrazine groups is 1. The molecule has 1 aromatic rings. The lowest BCUT2D eigenvalue weighted by Gasteiger charge is -2.14. The minimum Gasteiger partial charge on any atom is -0.481 e. The lowest BCUT2D eigenvalue weighted by molar-refractivity contribution is -0.127. The van der Waals surface area contributed by atoms with E-state index in [0.29, 0.717) is 11.3 Å². The third kappa shape index (κ3) is 2.72. The molecular formula is C11H13N3O2. The predicted molar refractivity (Wildman–Crippen MR) is 58.3 cm³/mol. The second kappa shape index (κ2) is 5.14. The Morgan fingerprint density at radius 3 is 2.88 bits per heavy atom. The van der Waals surface area contributed by atoms with Crippen LogP contribution in [0.3, 0.4) is 0 Å². The van der Waals surface area contributed by atoms with Crippen molar-refractivity contribution in [2.45, 2.75) is 20.0 Å². The van der Waals surface area contributed by atoms with Crippen LogP contribution in [-0.4, -0.2) is 12.0 Å². The fourth-order valence-corrected chi connectivity index (χ4v) is 1.16. The Hall–Kier alpha value is -2.06. The lowest BCUT2D eigenvalue weighted by atomic mass is 10.1. The van der Waals surface area contributed by atoms with Crippen LogP contribution >= 0.6 is 0 Å². The second-order valence-electron chi connectivity index (χ2n) is 3.36. The average Bonchev–Trinajstić information content (AvgIpc) is 2.30. The highest BCUT2D eigenvalue weighted by atomic mass is 16.5. The van der Waals surface area contributed by atoms with Crippen molar-refractivity contribution >= 4 is 5.91 Å². The van der Waals surface area contributed by atoms with E-state index in [4.69, 9.17) is 15.8 Å². The maximum Gasteiger partial charge on any atom is 0.274 e. The number of benzene rings is 1. The minimum absolute atomic E-state index is 0.415. The summed E-state index contributed by atoms with van der Waals surface area (Å²) in [5.74, 6) is 5.08. The van der Waals surface area contributed by atoms with Crippen molar-refractivity contribution in [2.75, 3.05) is 0 Å². The van der Waals surface area contributed by atoms with Gasteiger partial charge >= 0.3 is 0 Å². The Balaban J connectivity index is 2.88. The predicted octanol–water partition coefficient (Wildman–Crippen LogP) is 0.624. The fourth-order valence-electron chi connectivity index (χ4n) is 1.16. The van der Waals surface area contributed by atoms with Gasteiger partial charge in [-0.15, -0.1) is 0 Å². The van der Waals surface area contributed by atoms with Crippen LogP contribution in [0.4, 0.5) is 0 Å². The standard InChI is InChI=1S/C11H13N3O2/c1-7-3-4-9(6-12)5-10(7)16-8(2)11(15)14-13/h3-5,8H,13H2,1-2H3,(H,14,15). The number of ether oxygens (including phenoxy) is 1. The molecule has 0 saturated heterocycles. The van der Waals surface area contributed by atoms with E-state index in [0.717, 1.165) is 5.56 Å². The van der Waals surface area contributed by atoms with Gasteiger partial charge in [0.25, 0.3) is 5.91 Å². The van der Waals surface area contributed by atoms with Crippen LogP contribution in [0.15, 0.2) is 18.2 Å². The third-order valence-corrected chi connectivity index (χ3v) is 2.13. The summed E-state index contributed by atoms with van der Waals surface area (Å²) >= 11 is 0. The molecule has 0 spiro atoms. The van der Waals surface area contributed by atoms with Crippen LogP contribution in [-0.2, 0) is 4.79 Å². The summed E-state index contributed by atoms with van der Waals surface area (Å²) in [6.07, 6.45) is -0.697. The molecule has 0 saturated carbocycles. The maximum absolute atomic E-state index is 11.2. The SMILES string of the molecule is Cc1ccc(C#N)cc1OC(C)C(=O)NN. The zero-order valence-electron chi connectivity index (χ0n) is 9.15. The van der Waals surface area contributed by atoms with Gasteiger partial charge in [0.2, 0.25) is 0 Å². The number of nitrogens with one attached hydrogen (secondary N) is 1. The van der Waals surface area contributed by atoms with E-state index in [1.807, 2.05) is 18.4 Å². The van der Waals surface area contributed by atoms with Gasteiger partial charge in [0, 0.05) is 0 Å². The smallest absolute Gasteiger partial charge is 0.274 e. The summed E-state index contributed by atoms with van der Waals surface area (Å²) in [7, 11) is 0. The largest absolute Gasteiger partial charge is 0.481 e. The second-order valence-corrected chi connectivity index (χ2v) is 3.36. The first-order valence-corrected chi connectivity index (χ1v) is 4.76. The van der Waals surface area contributed by atoms with Gasteiger partial charge in [-0.05, 0) is 31.5 Å². The first-order valence-electron chi connectivity index (χ1n) is 4.76. The molecule has 3 N–H and O–H groups in total. The summed E-state index contributed by atoms with van der Waals surface area (Å²) in [6.45, 7) is 3.42. The van der Waals surface area contributed by atoms with Gasteiger partial charge in [0.1, 0.15) is 5.75 Å². The van der Waals surface area contributed by atoms with Crippen molar-refractivity contribution in [3.63, 3.8) is 0 Å². The number of nitriles is 1. The number of aryl methyl sites for hydroxylation is 1. The molecule has 0 aliphatic carbocycles. The summed E-state index contributed by atoms with van der Waals surface area (Å²) < 4.78 is 5.40. The van der Waals surface area contributed by atoms with Gasteiger partial charge < -0.3 is 4.74 Å². The molecule has 84 valence electrons. The molecule has 1 amide bonds. The van der Waals surface area contributed by atoms with E-state index < -0.39 is 12.0 Å². The third-order valence-electron chi connectivity index (χ3n) is 2.13. The van der Waals surface area contributed by atoms with Crippen LogP contribution in [0.5, 0.6) is 5.75 Å². The summed E-state index contributed by atoms with van der Waals surface area (Å²) in [5.41, 5.74) is 3.35. The number of rotatable bonds is 3. The topological polar surface area (TPSA) is 88.1 Å². The van der Waals surface area contributed by atoms with E-state index in [1.165, 1.54) is 0 Å². The molecule has 0 aromatic heterocycles. The molecule has 0 bridgehead atoms. The number of hydrogen-bond acceptors (Lipinski definition) is 4. The molecule has 0 radical (unpaired) electrons. The number of nitrogens with two attached hydrogens (primary N) is 1. The van der Waals surface area contributed by atoms with E-state index in [1.54, 1.807) is 25.1 Å². The zero-order valence-corrected chi connectivity index (χ0v) is 9.15. The molecule has 0 heterocycles. The van der Waals surface area contributed by atoms with E-state index in [9.17, 15) is 4.79 Å². The van der Waals surface area contributed by atoms with Gasteiger partial charge in [0.05, 0.1) is 11.6 Å². The first-order chi connectivity index (χ1) is 7.58. The number of amides is 1. The van der Waals surface area contributed by atoms with E-state index in [2.05, 4.69) is 0 Å². The molecular weight excluding hydrogens is 206 g/mol. The molecule has 16 heavy (non-hydrogen) atoms. The molecule has 1 unspecified atom stereocenters. The zero-order chi connectivity index (χ0) is 12.1. The van der Waals surface area contributed by atoms with E-state index in [-0.39, 0.29) is 0 Å². The van der Waals surface area contributed by atoms with Crippen molar-refractivity contribution in [3.05, 3.63) is 29.3 Å². The summed E-state index contributed by atoms with van der Waals surface area (Å²) in [5, 5.41) is 8.74. The Morgan fingerprint density at radius 2 is 2.31 bits per heavy atom. The highest BCUT2D eigenvalue weighted by Gasteiger charge is 2.14. The molecule has 5 heteroatoms. The van der Waals surface area contributed by atoms with Gasteiger partial charge in [-0.2, -0.15) is 5.26 Å². The normalized spacial score (nSPS) is 11.4. The van der Waals surface area contributed by atoms with Crippen molar-refractivity contribution in [2.24, 2.45) is 5.84 Å². The molecule has 1 aromatic carbocycles. The lowest BCUT2D eigenvalue weighted by Crippen LogP contribution is -2.40. The highest BCUT2D eigenvalue weighted by Crippen LogP contribution is 2.20. The fraction of sp³-hybridized carbons (Fsp3) is 0.273.